The highest BCUT2D eigenvalue weighted by Gasteiger charge is 2.45. The second-order valence-corrected chi connectivity index (χ2v) is 7.59. The van der Waals surface area contributed by atoms with Crippen LogP contribution in [0.5, 0.6) is 0 Å². The summed E-state index contributed by atoms with van der Waals surface area (Å²) in [6.07, 6.45) is 0.190. The Kier molecular flexibility index (Phi) is 4.41. The number of fused-ring (bicyclic) bond motifs is 1. The number of aromatic nitrogens is 2. The summed E-state index contributed by atoms with van der Waals surface area (Å²) in [5.41, 5.74) is 1.48. The number of hydrogen-bond acceptors (Lipinski definition) is 6. The predicted octanol–water partition coefficient (Wildman–Crippen LogP) is 2.17. The van der Waals surface area contributed by atoms with E-state index in [1.807, 2.05) is 54.6 Å². The molecule has 0 bridgehead atoms. The highest BCUT2D eigenvalue weighted by atomic mass is 16.5. The number of amides is 1. The number of nitrogens with zero attached hydrogens (tertiary/aromatic N) is 3. The molecule has 1 amide bonds. The van der Waals surface area contributed by atoms with E-state index in [-0.39, 0.29) is 12.5 Å². The highest BCUT2D eigenvalue weighted by molar-refractivity contribution is 5.87. The summed E-state index contributed by atoms with van der Waals surface area (Å²) in [4.78, 5) is 19.2. The van der Waals surface area contributed by atoms with Crippen molar-refractivity contribution in [2.75, 3.05) is 19.7 Å². The van der Waals surface area contributed by atoms with Gasteiger partial charge in [0.2, 0.25) is 5.82 Å². The van der Waals surface area contributed by atoms with Gasteiger partial charge in [-0.2, -0.15) is 4.98 Å². The molecule has 2 aromatic carbocycles. The van der Waals surface area contributed by atoms with Crippen LogP contribution in [0.15, 0.2) is 59.1 Å². The van der Waals surface area contributed by atoms with E-state index in [1.165, 1.54) is 0 Å². The first-order chi connectivity index (χ1) is 14.1. The Morgan fingerprint density at radius 2 is 1.76 bits per heavy atom. The average Bonchev–Trinajstić information content (AvgIpc) is 3.39. The van der Waals surface area contributed by atoms with Crippen molar-refractivity contribution in [3.63, 3.8) is 0 Å². The molecule has 0 radical (unpaired) electrons. The van der Waals surface area contributed by atoms with E-state index in [2.05, 4.69) is 10.1 Å². The maximum absolute atomic E-state index is 13.2. The molecular formula is C22H21N3O4. The molecule has 0 saturated carbocycles. The molecule has 29 heavy (non-hydrogen) atoms. The third kappa shape index (κ3) is 3.32. The van der Waals surface area contributed by atoms with Gasteiger partial charge >= 0.3 is 0 Å². The number of aliphatic hydroxyl groups is 1. The minimum Gasteiger partial charge on any atom is -0.379 e. The molecule has 2 aliphatic rings. The van der Waals surface area contributed by atoms with Gasteiger partial charge < -0.3 is 19.3 Å². The lowest BCUT2D eigenvalue weighted by atomic mass is 9.98. The maximum atomic E-state index is 13.2. The van der Waals surface area contributed by atoms with E-state index in [9.17, 15) is 9.90 Å². The Bertz CT molecular complexity index is 1010. The molecule has 1 aliphatic carbocycles. The van der Waals surface area contributed by atoms with E-state index in [1.54, 1.807) is 4.90 Å². The van der Waals surface area contributed by atoms with Crippen LogP contribution in [0.4, 0.5) is 0 Å². The molecule has 148 valence electrons. The van der Waals surface area contributed by atoms with Crippen LogP contribution < -0.4 is 0 Å². The zero-order chi connectivity index (χ0) is 19.8. The van der Waals surface area contributed by atoms with Crippen LogP contribution in [0.1, 0.15) is 23.1 Å². The minimum atomic E-state index is -1.40. The fraction of sp³-hybridized carbons (Fsp3) is 0.318. The SMILES string of the molecule is O=C(N1CCO[C@H](c2noc(-c3ccccc3)n2)C1)C1(O)Cc2ccccc2C1. The summed E-state index contributed by atoms with van der Waals surface area (Å²) in [6, 6.07) is 17.3. The standard InChI is InChI=1S/C22H21N3O4/c26-21(22(27)12-16-8-4-5-9-17(16)13-22)25-10-11-28-18(14-25)19-23-20(29-24-19)15-6-2-1-3-7-15/h1-9,18,27H,10-14H2/t18-/m0/s1. The monoisotopic (exact) mass is 391 g/mol. The molecule has 5 rings (SSSR count). The van der Waals surface area contributed by atoms with Crippen LogP contribution in [0.25, 0.3) is 11.5 Å². The number of ether oxygens (including phenoxy) is 1. The average molecular weight is 391 g/mol. The Morgan fingerprint density at radius 3 is 2.48 bits per heavy atom. The minimum absolute atomic E-state index is 0.270. The third-order valence-electron chi connectivity index (χ3n) is 5.59. The lowest BCUT2D eigenvalue weighted by Gasteiger charge is -2.35. The van der Waals surface area contributed by atoms with Crippen LogP contribution >= 0.6 is 0 Å². The largest absolute Gasteiger partial charge is 0.379 e. The second kappa shape index (κ2) is 7.09. The molecule has 2 heterocycles. The Morgan fingerprint density at radius 1 is 1.07 bits per heavy atom. The van der Waals surface area contributed by atoms with Crippen molar-refractivity contribution in [1.82, 2.24) is 15.0 Å². The van der Waals surface area contributed by atoms with Crippen LogP contribution in [0, 0.1) is 0 Å². The fourth-order valence-electron chi connectivity index (χ4n) is 4.09. The molecule has 1 saturated heterocycles. The first-order valence-electron chi connectivity index (χ1n) is 9.71. The number of carbonyl (C=O) groups is 1. The smallest absolute Gasteiger partial charge is 0.258 e. The topological polar surface area (TPSA) is 88.7 Å². The molecule has 3 aromatic rings. The fourth-order valence-corrected chi connectivity index (χ4v) is 4.09. The molecule has 0 unspecified atom stereocenters. The van der Waals surface area contributed by atoms with Crippen LogP contribution in [0.2, 0.25) is 0 Å². The Balaban J connectivity index is 1.31. The zero-order valence-electron chi connectivity index (χ0n) is 15.8. The van der Waals surface area contributed by atoms with Crippen molar-refractivity contribution in [3.05, 3.63) is 71.5 Å². The summed E-state index contributed by atoms with van der Waals surface area (Å²) in [5, 5.41) is 15.1. The van der Waals surface area contributed by atoms with Crippen LogP contribution in [-0.2, 0) is 22.4 Å². The first-order valence-corrected chi connectivity index (χ1v) is 9.71. The van der Waals surface area contributed by atoms with E-state index >= 15 is 0 Å². The van der Waals surface area contributed by atoms with Gasteiger partial charge in [0.25, 0.3) is 11.8 Å². The van der Waals surface area contributed by atoms with Crippen LogP contribution in [0.3, 0.4) is 0 Å². The quantitative estimate of drug-likeness (QED) is 0.736. The number of morpholine rings is 1. The van der Waals surface area contributed by atoms with Gasteiger partial charge in [-0.1, -0.05) is 47.6 Å². The van der Waals surface area contributed by atoms with Gasteiger partial charge in [0.15, 0.2) is 5.60 Å². The van der Waals surface area contributed by atoms with Crippen molar-refractivity contribution in [2.45, 2.75) is 24.5 Å². The van der Waals surface area contributed by atoms with Crippen molar-refractivity contribution >= 4 is 5.91 Å². The van der Waals surface area contributed by atoms with Crippen molar-refractivity contribution in [3.8, 4) is 11.5 Å². The Hall–Kier alpha value is -3.03. The molecule has 1 fully saturated rings. The van der Waals surface area contributed by atoms with Gasteiger partial charge in [-0.3, -0.25) is 4.79 Å². The maximum Gasteiger partial charge on any atom is 0.258 e. The number of benzene rings is 2. The normalized spacial score (nSPS) is 20.4. The van der Waals surface area contributed by atoms with Crippen molar-refractivity contribution < 1.29 is 19.2 Å². The molecule has 7 heteroatoms. The van der Waals surface area contributed by atoms with Gasteiger partial charge in [0.05, 0.1) is 13.2 Å². The Labute approximate surface area is 167 Å². The van der Waals surface area contributed by atoms with Gasteiger partial charge in [-0.25, -0.2) is 0 Å². The summed E-state index contributed by atoms with van der Waals surface area (Å²) >= 11 is 0. The first kappa shape index (κ1) is 18.0. The number of hydrogen-bond donors (Lipinski definition) is 1. The second-order valence-electron chi connectivity index (χ2n) is 7.59. The molecule has 1 aromatic heterocycles. The molecule has 1 atom stereocenters. The van der Waals surface area contributed by atoms with Crippen molar-refractivity contribution in [1.29, 1.82) is 0 Å². The van der Waals surface area contributed by atoms with Gasteiger partial charge in [-0.15, -0.1) is 0 Å². The molecular weight excluding hydrogens is 370 g/mol. The van der Waals surface area contributed by atoms with E-state index in [0.717, 1.165) is 16.7 Å². The summed E-state index contributed by atoms with van der Waals surface area (Å²) < 4.78 is 11.2. The van der Waals surface area contributed by atoms with E-state index < -0.39 is 11.7 Å². The van der Waals surface area contributed by atoms with E-state index in [0.29, 0.717) is 37.7 Å². The molecule has 7 nitrogen and oxygen atoms in total. The number of rotatable bonds is 3. The molecule has 1 N–H and O–H groups in total. The molecule has 0 spiro atoms. The summed E-state index contributed by atoms with van der Waals surface area (Å²) in [5.74, 6) is 0.550. The lowest BCUT2D eigenvalue weighted by molar-refractivity contribution is -0.158. The van der Waals surface area contributed by atoms with E-state index in [4.69, 9.17) is 9.26 Å². The lowest BCUT2D eigenvalue weighted by Crippen LogP contribution is -2.53. The molecule has 1 aliphatic heterocycles. The summed E-state index contributed by atoms with van der Waals surface area (Å²) in [6.45, 7) is 1.07. The third-order valence-corrected chi connectivity index (χ3v) is 5.59. The van der Waals surface area contributed by atoms with Gasteiger partial charge in [0, 0.05) is 24.9 Å². The highest BCUT2D eigenvalue weighted by Crippen LogP contribution is 2.33. The zero-order valence-corrected chi connectivity index (χ0v) is 15.8. The summed E-state index contributed by atoms with van der Waals surface area (Å²) in [7, 11) is 0. The number of carbonyl (C=O) groups excluding carboxylic acids is 1. The van der Waals surface area contributed by atoms with Crippen LogP contribution in [-0.4, -0.2) is 51.4 Å². The van der Waals surface area contributed by atoms with Crippen molar-refractivity contribution in [2.24, 2.45) is 0 Å². The van der Waals surface area contributed by atoms with Gasteiger partial charge in [-0.05, 0) is 23.3 Å². The predicted molar refractivity (Wildman–Crippen MR) is 104 cm³/mol. The van der Waals surface area contributed by atoms with Gasteiger partial charge in [0.1, 0.15) is 6.10 Å².